The molecule has 1 aliphatic rings. The molecule has 2 aromatic carbocycles. The third-order valence-corrected chi connectivity index (χ3v) is 4.44. The van der Waals surface area contributed by atoms with Crippen molar-refractivity contribution >= 4 is 10.5 Å². The monoisotopic (exact) mass is 335 g/mol. The first-order valence-electron chi connectivity index (χ1n) is 7.53. The predicted molar refractivity (Wildman–Crippen MR) is 85.9 cm³/mol. The van der Waals surface area contributed by atoms with E-state index in [1.165, 1.54) is 17.7 Å². The summed E-state index contributed by atoms with van der Waals surface area (Å²) in [6, 6.07) is 17.3. The molecule has 0 spiro atoms. The molecule has 1 atom stereocenters. The predicted octanol–water partition coefficient (Wildman–Crippen LogP) is 3.62. The number of likely N-dealkylation sites (tertiary alicyclic amines) is 1. The molecule has 0 aromatic heterocycles. The van der Waals surface area contributed by atoms with Crippen LogP contribution in [0.15, 0.2) is 54.6 Å². The van der Waals surface area contributed by atoms with Crippen molar-refractivity contribution in [2.75, 3.05) is 6.54 Å². The highest BCUT2D eigenvalue weighted by Crippen LogP contribution is 2.33. The second-order valence-electron chi connectivity index (χ2n) is 5.66. The summed E-state index contributed by atoms with van der Waals surface area (Å²) in [6.07, 6.45) is 2.28. The molecular formula is C17H18FNO3S. The molecule has 122 valence electrons. The minimum atomic E-state index is -4.97. The van der Waals surface area contributed by atoms with Crippen LogP contribution in [0, 0.1) is 0 Å². The zero-order valence-electron chi connectivity index (χ0n) is 12.6. The van der Waals surface area contributed by atoms with Gasteiger partial charge in [-0.25, -0.2) is 0 Å². The van der Waals surface area contributed by atoms with E-state index >= 15 is 0 Å². The van der Waals surface area contributed by atoms with Gasteiger partial charge in [0.2, 0.25) is 0 Å². The normalized spacial score (nSPS) is 18.9. The van der Waals surface area contributed by atoms with Crippen LogP contribution in [-0.4, -0.2) is 19.9 Å². The molecule has 0 amide bonds. The van der Waals surface area contributed by atoms with Crippen molar-refractivity contribution in [1.29, 1.82) is 0 Å². The lowest BCUT2D eigenvalue weighted by Crippen LogP contribution is -2.22. The Hall–Kier alpha value is -1.92. The van der Waals surface area contributed by atoms with Gasteiger partial charge in [-0.15, -0.1) is 0 Å². The van der Waals surface area contributed by atoms with Crippen LogP contribution in [0.3, 0.4) is 0 Å². The van der Waals surface area contributed by atoms with Gasteiger partial charge in [-0.05, 0) is 42.6 Å². The number of nitrogens with zero attached hydrogens (tertiary/aromatic N) is 1. The number of rotatable bonds is 5. The molecule has 3 rings (SSSR count). The summed E-state index contributed by atoms with van der Waals surface area (Å²) in [4.78, 5) is 2.40. The van der Waals surface area contributed by atoms with Gasteiger partial charge in [0.25, 0.3) is 0 Å². The van der Waals surface area contributed by atoms with Gasteiger partial charge in [0, 0.05) is 12.6 Å². The smallest absolute Gasteiger partial charge is 0.358 e. The van der Waals surface area contributed by atoms with Gasteiger partial charge in [-0.3, -0.25) is 4.90 Å². The second kappa shape index (κ2) is 6.68. The van der Waals surface area contributed by atoms with Crippen molar-refractivity contribution in [3.63, 3.8) is 0 Å². The minimum absolute atomic E-state index is 0.0164. The van der Waals surface area contributed by atoms with Crippen LogP contribution in [0.1, 0.15) is 30.0 Å². The Bertz CT molecular complexity index is 747. The third kappa shape index (κ3) is 4.30. The van der Waals surface area contributed by atoms with Gasteiger partial charge in [0.05, 0.1) is 0 Å². The summed E-state index contributed by atoms with van der Waals surface area (Å²) >= 11 is 0. The third-order valence-electron chi connectivity index (χ3n) is 4.05. The molecule has 0 N–H and O–H groups in total. The summed E-state index contributed by atoms with van der Waals surface area (Å²) in [7, 11) is -4.97. The van der Waals surface area contributed by atoms with E-state index in [1.807, 2.05) is 6.07 Å². The maximum absolute atomic E-state index is 12.5. The molecule has 4 nitrogen and oxygen atoms in total. The molecule has 0 saturated carbocycles. The Balaban J connectivity index is 1.69. The van der Waals surface area contributed by atoms with E-state index in [0.29, 0.717) is 6.04 Å². The van der Waals surface area contributed by atoms with Crippen molar-refractivity contribution in [2.24, 2.45) is 0 Å². The zero-order valence-corrected chi connectivity index (χ0v) is 13.4. The topological polar surface area (TPSA) is 46.6 Å². The molecule has 0 radical (unpaired) electrons. The summed E-state index contributed by atoms with van der Waals surface area (Å²) in [6.45, 7) is 1.79. The second-order valence-corrected chi connectivity index (χ2v) is 6.61. The molecule has 1 fully saturated rings. The van der Waals surface area contributed by atoms with Crippen molar-refractivity contribution in [3.05, 3.63) is 65.7 Å². The van der Waals surface area contributed by atoms with Crippen LogP contribution in [0.5, 0.6) is 5.75 Å². The Morgan fingerprint density at radius 2 is 1.78 bits per heavy atom. The fourth-order valence-corrected chi connectivity index (χ4v) is 3.41. The highest BCUT2D eigenvalue weighted by molar-refractivity contribution is 7.81. The average Bonchev–Trinajstić information content (AvgIpc) is 2.97. The number of hydrogen-bond donors (Lipinski definition) is 0. The molecule has 1 heterocycles. The molecule has 1 aliphatic heterocycles. The van der Waals surface area contributed by atoms with E-state index in [-0.39, 0.29) is 5.75 Å². The number of hydrogen-bond acceptors (Lipinski definition) is 4. The first kappa shape index (κ1) is 16.0. The molecule has 23 heavy (non-hydrogen) atoms. The van der Waals surface area contributed by atoms with Crippen molar-refractivity contribution in [3.8, 4) is 5.75 Å². The van der Waals surface area contributed by atoms with Crippen LogP contribution < -0.4 is 4.18 Å². The molecule has 1 unspecified atom stereocenters. The Morgan fingerprint density at radius 3 is 2.43 bits per heavy atom. The minimum Gasteiger partial charge on any atom is -0.358 e. The Kier molecular flexibility index (Phi) is 4.63. The maximum Gasteiger partial charge on any atom is 0.488 e. The molecule has 6 heteroatoms. The van der Waals surface area contributed by atoms with Gasteiger partial charge in [-0.1, -0.05) is 46.4 Å². The molecule has 0 aliphatic carbocycles. The number of benzene rings is 2. The zero-order chi connectivity index (χ0) is 16.3. The van der Waals surface area contributed by atoms with Gasteiger partial charge in [0.1, 0.15) is 5.75 Å². The molecule has 1 saturated heterocycles. The number of halogens is 1. The maximum atomic E-state index is 12.5. The lowest BCUT2D eigenvalue weighted by molar-refractivity contribution is 0.248. The van der Waals surface area contributed by atoms with E-state index in [0.717, 1.165) is 31.5 Å². The largest absolute Gasteiger partial charge is 0.488 e. The van der Waals surface area contributed by atoms with Crippen molar-refractivity contribution in [1.82, 2.24) is 4.90 Å². The molecule has 0 bridgehead atoms. The van der Waals surface area contributed by atoms with Crippen LogP contribution in [0.25, 0.3) is 0 Å². The standard InChI is InChI=1S/C17H18FNO3S/c18-23(20,21)22-16-10-8-14(9-11-16)13-19-12-4-7-17(19)15-5-2-1-3-6-15/h1-3,5-6,8-11,17H,4,7,12-13H2. The fourth-order valence-electron chi connectivity index (χ4n) is 3.07. The van der Waals surface area contributed by atoms with Gasteiger partial charge >= 0.3 is 10.5 Å². The van der Waals surface area contributed by atoms with Crippen LogP contribution >= 0.6 is 0 Å². The van der Waals surface area contributed by atoms with E-state index in [9.17, 15) is 12.3 Å². The average molecular weight is 335 g/mol. The summed E-state index contributed by atoms with van der Waals surface area (Å²) in [5, 5.41) is 0. The van der Waals surface area contributed by atoms with Crippen molar-refractivity contribution in [2.45, 2.75) is 25.4 Å². The van der Waals surface area contributed by atoms with E-state index < -0.39 is 10.5 Å². The first-order chi connectivity index (χ1) is 11.0. The lowest BCUT2D eigenvalue weighted by atomic mass is 10.0. The van der Waals surface area contributed by atoms with E-state index in [1.54, 1.807) is 12.1 Å². The van der Waals surface area contributed by atoms with E-state index in [4.69, 9.17) is 0 Å². The Labute approximate surface area is 135 Å². The van der Waals surface area contributed by atoms with Crippen LogP contribution in [0.4, 0.5) is 3.89 Å². The quantitative estimate of drug-likeness (QED) is 0.783. The van der Waals surface area contributed by atoms with Gasteiger partial charge in [-0.2, -0.15) is 8.42 Å². The van der Waals surface area contributed by atoms with Crippen molar-refractivity contribution < 1.29 is 16.5 Å². The molecular weight excluding hydrogens is 317 g/mol. The Morgan fingerprint density at radius 1 is 1.09 bits per heavy atom. The highest BCUT2D eigenvalue weighted by atomic mass is 32.3. The summed E-state index contributed by atoms with van der Waals surface area (Å²) in [5.74, 6) is -0.0164. The van der Waals surface area contributed by atoms with Crippen LogP contribution in [0.2, 0.25) is 0 Å². The lowest BCUT2D eigenvalue weighted by Gasteiger charge is -2.25. The molecule has 2 aromatic rings. The summed E-state index contributed by atoms with van der Waals surface area (Å²) < 4.78 is 37.6. The SMILES string of the molecule is O=S(=O)(F)Oc1ccc(CN2CCCC2c2ccccc2)cc1. The first-order valence-corrected chi connectivity index (χ1v) is 8.84. The summed E-state index contributed by atoms with van der Waals surface area (Å²) in [5.41, 5.74) is 2.35. The fraction of sp³-hybridized carbons (Fsp3) is 0.294. The van der Waals surface area contributed by atoms with Gasteiger partial charge < -0.3 is 4.18 Å². The van der Waals surface area contributed by atoms with Gasteiger partial charge in [0.15, 0.2) is 0 Å². The highest BCUT2D eigenvalue weighted by Gasteiger charge is 2.25. The van der Waals surface area contributed by atoms with E-state index in [2.05, 4.69) is 33.3 Å². The van der Waals surface area contributed by atoms with Crippen LogP contribution in [-0.2, 0) is 17.0 Å².